The lowest BCUT2D eigenvalue weighted by Gasteiger charge is -2.33. The predicted molar refractivity (Wildman–Crippen MR) is 97.6 cm³/mol. The predicted octanol–water partition coefficient (Wildman–Crippen LogP) is 4.54. The van der Waals surface area contributed by atoms with Crippen LogP contribution in [0.4, 0.5) is 19.0 Å². The molecule has 0 spiro atoms. The highest BCUT2D eigenvalue weighted by Gasteiger charge is 2.47. The molecule has 1 aromatic heterocycles. The number of hydrogen-bond acceptors (Lipinski definition) is 3. The van der Waals surface area contributed by atoms with Crippen molar-refractivity contribution in [2.45, 2.75) is 37.5 Å². The van der Waals surface area contributed by atoms with Crippen molar-refractivity contribution in [2.24, 2.45) is 0 Å². The summed E-state index contributed by atoms with van der Waals surface area (Å²) in [4.78, 5) is 14.2. The Hall–Kier alpha value is -2.03. The van der Waals surface area contributed by atoms with Gasteiger partial charge in [0.2, 0.25) is 0 Å². The number of carbonyl (C=O) groups is 1. The van der Waals surface area contributed by atoms with Crippen LogP contribution >= 0.6 is 15.9 Å². The first-order valence-electron chi connectivity index (χ1n) is 8.80. The highest BCUT2D eigenvalue weighted by Crippen LogP contribution is 2.43. The summed E-state index contributed by atoms with van der Waals surface area (Å²) in [5.74, 6) is -0.0867. The van der Waals surface area contributed by atoms with E-state index in [1.165, 1.54) is 6.07 Å². The minimum Gasteiger partial charge on any atom is -0.363 e. The number of carbonyl (C=O) groups excluding carboxylic acids is 1. The number of nitrogens with one attached hydrogen (secondary N) is 1. The molecule has 1 fully saturated rings. The summed E-state index contributed by atoms with van der Waals surface area (Å²) in [6.07, 6.45) is -2.82. The first kappa shape index (κ1) is 18.3. The Morgan fingerprint density at radius 2 is 1.85 bits per heavy atom. The largest absolute Gasteiger partial charge is 0.410 e. The Morgan fingerprint density at radius 3 is 2.48 bits per heavy atom. The fourth-order valence-electron chi connectivity index (χ4n) is 3.67. The lowest BCUT2D eigenvalue weighted by molar-refractivity contribution is -0.173. The van der Waals surface area contributed by atoms with Crippen molar-refractivity contribution >= 4 is 27.7 Å². The standard InChI is InChI=1S/C18H18BrF3N4O/c19-12-5-3-11(4-6-12)13-9-15(18(20,21)22)26-16(23-13)10-14(24-26)17(27)25-7-1-2-8-25/h3-6,10,13,15,23H,1-2,7-9H2/t13-,15+/m0/s1. The van der Waals surface area contributed by atoms with E-state index in [-0.39, 0.29) is 23.8 Å². The van der Waals surface area contributed by atoms with Gasteiger partial charge in [-0.3, -0.25) is 4.79 Å². The average molecular weight is 443 g/mol. The van der Waals surface area contributed by atoms with Crippen LogP contribution in [0.15, 0.2) is 34.8 Å². The summed E-state index contributed by atoms with van der Waals surface area (Å²) < 4.78 is 42.9. The summed E-state index contributed by atoms with van der Waals surface area (Å²) in [5.41, 5.74) is 0.817. The molecule has 27 heavy (non-hydrogen) atoms. The molecule has 4 rings (SSSR count). The van der Waals surface area contributed by atoms with Gasteiger partial charge in [0.05, 0.1) is 6.04 Å². The average Bonchev–Trinajstić information content (AvgIpc) is 3.29. The van der Waals surface area contributed by atoms with Crippen molar-refractivity contribution in [3.05, 3.63) is 46.1 Å². The first-order valence-corrected chi connectivity index (χ1v) is 9.60. The highest BCUT2D eigenvalue weighted by atomic mass is 79.9. The zero-order chi connectivity index (χ0) is 19.2. The maximum absolute atomic E-state index is 13.7. The van der Waals surface area contributed by atoms with Crippen molar-refractivity contribution in [3.8, 4) is 0 Å². The lowest BCUT2D eigenvalue weighted by Crippen LogP contribution is -2.36. The van der Waals surface area contributed by atoms with Crippen molar-refractivity contribution in [1.29, 1.82) is 0 Å². The number of amides is 1. The number of fused-ring (bicyclic) bond motifs is 1. The molecule has 3 heterocycles. The van der Waals surface area contributed by atoms with Gasteiger partial charge in [0, 0.05) is 30.0 Å². The maximum Gasteiger partial charge on any atom is 0.410 e. The normalized spacial score (nSPS) is 22.4. The van der Waals surface area contributed by atoms with Crippen LogP contribution in [0.5, 0.6) is 0 Å². The van der Waals surface area contributed by atoms with Gasteiger partial charge in [-0.25, -0.2) is 4.68 Å². The van der Waals surface area contributed by atoms with E-state index in [1.807, 2.05) is 0 Å². The van der Waals surface area contributed by atoms with E-state index in [1.54, 1.807) is 29.2 Å². The fraction of sp³-hybridized carbons (Fsp3) is 0.444. The Labute approximate surface area is 162 Å². The van der Waals surface area contributed by atoms with Crippen molar-refractivity contribution in [3.63, 3.8) is 0 Å². The maximum atomic E-state index is 13.7. The van der Waals surface area contributed by atoms with Gasteiger partial charge in [-0.15, -0.1) is 0 Å². The van der Waals surface area contributed by atoms with Gasteiger partial charge in [0.15, 0.2) is 11.7 Å². The topological polar surface area (TPSA) is 50.2 Å². The fourth-order valence-corrected chi connectivity index (χ4v) is 3.94. The van der Waals surface area contributed by atoms with E-state index in [4.69, 9.17) is 0 Å². The molecule has 2 atom stereocenters. The number of likely N-dealkylation sites (tertiary alicyclic amines) is 1. The Balaban J connectivity index is 1.67. The second kappa shape index (κ2) is 6.85. The van der Waals surface area contributed by atoms with Crippen LogP contribution in [-0.4, -0.2) is 39.9 Å². The van der Waals surface area contributed by atoms with Crippen LogP contribution in [0.3, 0.4) is 0 Å². The quantitative estimate of drug-likeness (QED) is 0.742. The minimum absolute atomic E-state index is 0.0603. The van der Waals surface area contributed by atoms with E-state index in [0.29, 0.717) is 13.1 Å². The van der Waals surface area contributed by atoms with E-state index in [2.05, 4.69) is 26.3 Å². The molecule has 0 radical (unpaired) electrons. The molecule has 1 N–H and O–H groups in total. The molecule has 2 aliphatic heterocycles. The molecule has 5 nitrogen and oxygen atoms in total. The molecule has 2 aliphatic rings. The number of alkyl halides is 3. The second-order valence-electron chi connectivity index (χ2n) is 6.90. The molecule has 1 saturated heterocycles. The van der Waals surface area contributed by atoms with Gasteiger partial charge in [0.25, 0.3) is 5.91 Å². The van der Waals surface area contributed by atoms with E-state index < -0.39 is 18.3 Å². The van der Waals surface area contributed by atoms with Crippen LogP contribution in [0, 0.1) is 0 Å². The Bertz CT molecular complexity index is 843. The van der Waals surface area contributed by atoms with E-state index in [0.717, 1.165) is 27.6 Å². The summed E-state index contributed by atoms with van der Waals surface area (Å²) in [6, 6.07) is 6.33. The number of anilines is 1. The zero-order valence-corrected chi connectivity index (χ0v) is 15.9. The first-order chi connectivity index (χ1) is 12.8. The van der Waals surface area contributed by atoms with Crippen molar-refractivity contribution < 1.29 is 18.0 Å². The lowest BCUT2D eigenvalue weighted by atomic mass is 9.97. The van der Waals surface area contributed by atoms with Crippen LogP contribution in [0.2, 0.25) is 0 Å². The number of aromatic nitrogens is 2. The smallest absolute Gasteiger partial charge is 0.363 e. The molecular formula is C18H18BrF3N4O. The van der Waals surface area contributed by atoms with Gasteiger partial charge in [-0.1, -0.05) is 28.1 Å². The number of hydrogen-bond donors (Lipinski definition) is 1. The third-order valence-corrected chi connectivity index (χ3v) is 5.60. The van der Waals surface area contributed by atoms with Crippen molar-refractivity contribution in [2.75, 3.05) is 18.4 Å². The number of rotatable bonds is 2. The zero-order valence-electron chi connectivity index (χ0n) is 14.3. The van der Waals surface area contributed by atoms with Crippen LogP contribution in [0.25, 0.3) is 0 Å². The second-order valence-corrected chi connectivity index (χ2v) is 7.82. The monoisotopic (exact) mass is 442 g/mol. The van der Waals surface area contributed by atoms with Gasteiger partial charge in [-0.2, -0.15) is 18.3 Å². The number of halogens is 4. The molecule has 0 aliphatic carbocycles. The van der Waals surface area contributed by atoms with Gasteiger partial charge < -0.3 is 10.2 Å². The molecule has 144 valence electrons. The summed E-state index contributed by atoms with van der Waals surface area (Å²) in [5, 5.41) is 7.14. The molecule has 1 aromatic carbocycles. The third kappa shape index (κ3) is 3.56. The summed E-state index contributed by atoms with van der Waals surface area (Å²) in [6.45, 7) is 1.25. The number of benzene rings is 1. The highest BCUT2D eigenvalue weighted by molar-refractivity contribution is 9.10. The molecule has 0 unspecified atom stereocenters. The molecule has 2 aromatic rings. The molecular weight excluding hydrogens is 425 g/mol. The SMILES string of the molecule is O=C(c1cc2n(n1)[C@@H](C(F)(F)F)C[C@@H](c1ccc(Br)cc1)N2)N1CCCC1. The third-order valence-electron chi connectivity index (χ3n) is 5.07. The van der Waals surface area contributed by atoms with Gasteiger partial charge in [0.1, 0.15) is 5.82 Å². The summed E-state index contributed by atoms with van der Waals surface area (Å²) in [7, 11) is 0. The molecule has 0 saturated carbocycles. The minimum atomic E-state index is -4.45. The Morgan fingerprint density at radius 1 is 1.19 bits per heavy atom. The molecule has 0 bridgehead atoms. The van der Waals surface area contributed by atoms with Gasteiger partial charge in [-0.05, 0) is 30.5 Å². The number of nitrogens with zero attached hydrogens (tertiary/aromatic N) is 3. The van der Waals surface area contributed by atoms with E-state index >= 15 is 0 Å². The van der Waals surface area contributed by atoms with Crippen LogP contribution in [0.1, 0.15) is 47.4 Å². The summed E-state index contributed by atoms with van der Waals surface area (Å²) >= 11 is 3.33. The van der Waals surface area contributed by atoms with Gasteiger partial charge >= 0.3 is 6.18 Å². The van der Waals surface area contributed by atoms with E-state index in [9.17, 15) is 18.0 Å². The van der Waals surface area contributed by atoms with Crippen molar-refractivity contribution in [1.82, 2.24) is 14.7 Å². The van der Waals surface area contributed by atoms with Crippen LogP contribution in [-0.2, 0) is 0 Å². The molecule has 1 amide bonds. The van der Waals surface area contributed by atoms with Crippen LogP contribution < -0.4 is 5.32 Å². The Kier molecular flexibility index (Phi) is 4.65. The molecule has 9 heteroatoms.